The monoisotopic (exact) mass is 515 g/mol. The van der Waals surface area contributed by atoms with E-state index in [1.54, 1.807) is 20.3 Å². The number of hydrogen-bond donors (Lipinski definition) is 2. The van der Waals surface area contributed by atoms with Gasteiger partial charge < -0.3 is 29.6 Å². The largest absolute Gasteiger partial charge is 0.497 e. The average Bonchev–Trinajstić information content (AvgIpc) is 2.94. The Morgan fingerprint density at radius 2 is 1.61 bits per heavy atom. The first-order valence-electron chi connectivity index (χ1n) is 12.6. The van der Waals surface area contributed by atoms with Gasteiger partial charge >= 0.3 is 0 Å². The summed E-state index contributed by atoms with van der Waals surface area (Å²) in [6.07, 6.45) is 0.646. The molecule has 1 amide bonds. The van der Waals surface area contributed by atoms with Crippen LogP contribution in [-0.4, -0.2) is 44.9 Å². The first kappa shape index (κ1) is 26.6. The third-order valence-electron chi connectivity index (χ3n) is 5.94. The minimum absolute atomic E-state index is 0.180. The number of anilines is 2. The van der Waals surface area contributed by atoms with Gasteiger partial charge in [0.25, 0.3) is 5.91 Å². The normalized spacial score (nSPS) is 10.6. The van der Waals surface area contributed by atoms with Crippen molar-refractivity contribution in [1.82, 2.24) is 10.3 Å². The van der Waals surface area contributed by atoms with E-state index >= 15 is 0 Å². The number of methoxy groups -OCH3 is 2. The number of nitrogens with zero attached hydrogens (tertiary/aromatic N) is 1. The van der Waals surface area contributed by atoms with Crippen molar-refractivity contribution in [2.45, 2.75) is 20.3 Å². The molecule has 38 heavy (non-hydrogen) atoms. The molecule has 0 bridgehead atoms. The number of rotatable bonds is 12. The molecule has 3 aromatic carbocycles. The molecule has 198 valence electrons. The highest BCUT2D eigenvalue weighted by atomic mass is 16.5. The lowest BCUT2D eigenvalue weighted by Gasteiger charge is -2.15. The number of carbonyl (C=O) groups excluding carboxylic acids is 1. The van der Waals surface area contributed by atoms with Gasteiger partial charge in [-0.05, 0) is 62.2 Å². The van der Waals surface area contributed by atoms with Crippen LogP contribution in [0.5, 0.6) is 23.0 Å². The summed E-state index contributed by atoms with van der Waals surface area (Å²) in [5.41, 5.74) is 2.96. The Morgan fingerprint density at radius 3 is 2.37 bits per heavy atom. The SMILES string of the molecule is CCOc1ccc(CCNC(=O)c2cc(Nc3cc(OC)ccc3OC)nc3ccccc23)cc1OCC. The summed E-state index contributed by atoms with van der Waals surface area (Å²) in [5.74, 6) is 3.08. The molecule has 0 aliphatic carbocycles. The summed E-state index contributed by atoms with van der Waals surface area (Å²) >= 11 is 0. The Kier molecular flexibility index (Phi) is 8.87. The number of carbonyl (C=O) groups is 1. The molecule has 0 saturated heterocycles. The van der Waals surface area contributed by atoms with Crippen molar-refractivity contribution in [2.24, 2.45) is 0 Å². The van der Waals surface area contributed by atoms with Crippen molar-refractivity contribution >= 4 is 28.3 Å². The molecule has 4 rings (SSSR count). The van der Waals surface area contributed by atoms with Gasteiger partial charge in [0.15, 0.2) is 11.5 Å². The number of benzene rings is 3. The smallest absolute Gasteiger partial charge is 0.252 e. The van der Waals surface area contributed by atoms with Gasteiger partial charge in [-0.15, -0.1) is 0 Å². The second-order valence-electron chi connectivity index (χ2n) is 8.42. The molecule has 0 radical (unpaired) electrons. The van der Waals surface area contributed by atoms with Gasteiger partial charge in [-0.25, -0.2) is 4.98 Å². The van der Waals surface area contributed by atoms with Gasteiger partial charge in [0.2, 0.25) is 0 Å². The zero-order valence-electron chi connectivity index (χ0n) is 22.2. The first-order valence-corrected chi connectivity index (χ1v) is 12.6. The molecule has 1 aromatic heterocycles. The fraction of sp³-hybridized carbons (Fsp3) is 0.267. The number of nitrogens with one attached hydrogen (secondary N) is 2. The van der Waals surface area contributed by atoms with Crippen LogP contribution in [0.25, 0.3) is 10.9 Å². The highest BCUT2D eigenvalue weighted by molar-refractivity contribution is 6.07. The minimum atomic E-state index is -0.180. The summed E-state index contributed by atoms with van der Waals surface area (Å²) < 4.78 is 22.2. The first-order chi connectivity index (χ1) is 18.6. The molecular weight excluding hydrogens is 482 g/mol. The Hall–Kier alpha value is -4.46. The quantitative estimate of drug-likeness (QED) is 0.248. The molecule has 0 fully saturated rings. The molecule has 0 unspecified atom stereocenters. The van der Waals surface area contributed by atoms with Gasteiger partial charge in [0.05, 0.1) is 44.2 Å². The number of ether oxygens (including phenoxy) is 4. The number of fused-ring (bicyclic) bond motifs is 1. The summed E-state index contributed by atoms with van der Waals surface area (Å²) in [4.78, 5) is 18.0. The zero-order chi connectivity index (χ0) is 26.9. The minimum Gasteiger partial charge on any atom is -0.497 e. The molecule has 0 aliphatic heterocycles. The maximum atomic E-state index is 13.3. The lowest BCUT2D eigenvalue weighted by Crippen LogP contribution is -2.26. The maximum absolute atomic E-state index is 13.3. The van der Waals surface area contributed by atoms with Crippen LogP contribution in [0.4, 0.5) is 11.5 Å². The molecule has 0 atom stereocenters. The molecule has 8 nitrogen and oxygen atoms in total. The maximum Gasteiger partial charge on any atom is 0.252 e. The van der Waals surface area contributed by atoms with E-state index in [1.165, 1.54) is 0 Å². The highest BCUT2D eigenvalue weighted by Gasteiger charge is 2.15. The van der Waals surface area contributed by atoms with E-state index in [1.807, 2.05) is 74.5 Å². The second kappa shape index (κ2) is 12.7. The molecule has 4 aromatic rings. The van der Waals surface area contributed by atoms with E-state index in [4.69, 9.17) is 23.9 Å². The van der Waals surface area contributed by atoms with E-state index in [0.717, 1.165) is 16.7 Å². The summed E-state index contributed by atoms with van der Waals surface area (Å²) in [6, 6.07) is 20.6. The molecular formula is C30H33N3O5. The van der Waals surface area contributed by atoms with Crippen LogP contribution in [0.1, 0.15) is 29.8 Å². The van der Waals surface area contributed by atoms with Gasteiger partial charge in [-0.3, -0.25) is 4.79 Å². The fourth-order valence-electron chi connectivity index (χ4n) is 4.14. The van der Waals surface area contributed by atoms with Gasteiger partial charge in [-0.1, -0.05) is 24.3 Å². The van der Waals surface area contributed by atoms with Crippen LogP contribution in [-0.2, 0) is 6.42 Å². The van der Waals surface area contributed by atoms with Crippen molar-refractivity contribution < 1.29 is 23.7 Å². The van der Waals surface area contributed by atoms with Crippen LogP contribution in [0.2, 0.25) is 0 Å². The van der Waals surface area contributed by atoms with Crippen LogP contribution >= 0.6 is 0 Å². The number of para-hydroxylation sites is 1. The van der Waals surface area contributed by atoms with E-state index in [0.29, 0.717) is 66.0 Å². The molecule has 1 heterocycles. The van der Waals surface area contributed by atoms with Crippen molar-refractivity contribution in [3.63, 3.8) is 0 Å². The average molecular weight is 516 g/mol. The fourth-order valence-corrected chi connectivity index (χ4v) is 4.14. The van der Waals surface area contributed by atoms with Crippen LogP contribution in [0, 0.1) is 0 Å². The number of amides is 1. The Morgan fingerprint density at radius 1 is 0.842 bits per heavy atom. The Labute approximate surface area is 222 Å². The molecule has 0 saturated carbocycles. The third-order valence-corrected chi connectivity index (χ3v) is 5.94. The van der Waals surface area contributed by atoms with E-state index in [-0.39, 0.29) is 5.91 Å². The van der Waals surface area contributed by atoms with Crippen LogP contribution in [0.3, 0.4) is 0 Å². The predicted octanol–water partition coefficient (Wildman–Crippen LogP) is 5.77. The van der Waals surface area contributed by atoms with Crippen molar-refractivity contribution in [3.8, 4) is 23.0 Å². The molecule has 0 spiro atoms. The Balaban J connectivity index is 1.53. The van der Waals surface area contributed by atoms with E-state index < -0.39 is 0 Å². The zero-order valence-corrected chi connectivity index (χ0v) is 22.2. The third kappa shape index (κ3) is 6.26. The number of aromatic nitrogens is 1. The van der Waals surface area contributed by atoms with Gasteiger partial charge in [-0.2, -0.15) is 0 Å². The van der Waals surface area contributed by atoms with Gasteiger partial charge in [0.1, 0.15) is 17.3 Å². The number of pyridine rings is 1. The van der Waals surface area contributed by atoms with Crippen LogP contribution < -0.4 is 29.6 Å². The molecule has 0 aliphatic rings. The highest BCUT2D eigenvalue weighted by Crippen LogP contribution is 2.32. The summed E-state index contributed by atoms with van der Waals surface area (Å²) in [6.45, 7) is 5.46. The topological polar surface area (TPSA) is 90.9 Å². The molecule has 2 N–H and O–H groups in total. The van der Waals surface area contributed by atoms with Crippen molar-refractivity contribution in [2.75, 3.05) is 39.3 Å². The number of hydrogen-bond acceptors (Lipinski definition) is 7. The lowest BCUT2D eigenvalue weighted by atomic mass is 10.1. The lowest BCUT2D eigenvalue weighted by molar-refractivity contribution is 0.0955. The summed E-state index contributed by atoms with van der Waals surface area (Å²) in [5, 5.41) is 7.10. The standard InChI is InChI=1S/C30H33N3O5/c1-5-37-27-13-11-20(17-28(27)38-6-2)15-16-31-30(34)23-19-29(32-24-10-8-7-9-22(23)24)33-25-18-21(35-3)12-14-26(25)36-4/h7-14,17-19H,5-6,15-16H2,1-4H3,(H,31,34)(H,32,33). The van der Waals surface area contributed by atoms with Crippen molar-refractivity contribution in [3.05, 3.63) is 77.9 Å². The van der Waals surface area contributed by atoms with E-state index in [9.17, 15) is 4.79 Å². The predicted molar refractivity (Wildman–Crippen MR) is 149 cm³/mol. The molecule has 8 heteroatoms. The van der Waals surface area contributed by atoms with E-state index in [2.05, 4.69) is 10.6 Å². The van der Waals surface area contributed by atoms with Crippen molar-refractivity contribution in [1.29, 1.82) is 0 Å². The van der Waals surface area contributed by atoms with Crippen LogP contribution in [0.15, 0.2) is 66.7 Å². The second-order valence-corrected chi connectivity index (χ2v) is 8.42. The van der Waals surface area contributed by atoms with Gasteiger partial charge in [0, 0.05) is 18.0 Å². The Bertz CT molecular complexity index is 1410. The summed E-state index contributed by atoms with van der Waals surface area (Å²) in [7, 11) is 3.20.